The molecule has 1 N–H and O–H groups in total. The Morgan fingerprint density at radius 3 is 2.64 bits per heavy atom. The number of hydrogen-bond acceptors (Lipinski definition) is 3. The molecule has 1 unspecified atom stereocenters. The molecule has 0 aliphatic heterocycles. The van der Waals surface area contributed by atoms with Crippen molar-refractivity contribution in [2.45, 2.75) is 38.2 Å². The van der Waals surface area contributed by atoms with Crippen LogP contribution in [0, 0.1) is 5.92 Å². The maximum atomic E-state index is 9.64. The number of aliphatic hydroxyl groups is 1. The fourth-order valence-corrected chi connectivity index (χ4v) is 2.06. The van der Waals surface area contributed by atoms with E-state index in [1.165, 1.54) is 25.7 Å². The van der Waals surface area contributed by atoms with Crippen LogP contribution in [0.5, 0.6) is 0 Å². The van der Waals surface area contributed by atoms with Gasteiger partial charge in [0.1, 0.15) is 0 Å². The number of hydrogen-bond donors (Lipinski definition) is 1. The van der Waals surface area contributed by atoms with Crippen LogP contribution in [0.3, 0.4) is 0 Å². The van der Waals surface area contributed by atoms with Gasteiger partial charge in [0, 0.05) is 7.11 Å². The highest BCUT2D eigenvalue weighted by molar-refractivity contribution is 4.70. The lowest BCUT2D eigenvalue weighted by atomic mass is 10.0. The quantitative estimate of drug-likeness (QED) is 0.637. The summed E-state index contributed by atoms with van der Waals surface area (Å²) in [5.41, 5.74) is 0. The van der Waals surface area contributed by atoms with Gasteiger partial charge in [0.25, 0.3) is 0 Å². The Balaban J connectivity index is 1.95. The molecule has 1 saturated carbocycles. The fraction of sp³-hybridized carbons (Fsp3) is 1.00. The van der Waals surface area contributed by atoms with Crippen LogP contribution in [0.15, 0.2) is 0 Å². The Bertz CT molecular complexity index is 132. The second-order valence-electron chi connectivity index (χ2n) is 4.11. The van der Waals surface area contributed by atoms with Crippen molar-refractivity contribution >= 4 is 0 Å². The van der Waals surface area contributed by atoms with E-state index in [0.29, 0.717) is 19.8 Å². The maximum absolute atomic E-state index is 9.64. The van der Waals surface area contributed by atoms with Gasteiger partial charge >= 0.3 is 0 Å². The minimum Gasteiger partial charge on any atom is -0.391 e. The molecule has 0 aromatic carbocycles. The number of methoxy groups -OCH3 is 1. The molecule has 3 nitrogen and oxygen atoms in total. The third kappa shape index (κ3) is 4.94. The molecule has 14 heavy (non-hydrogen) atoms. The molecule has 1 aliphatic carbocycles. The maximum Gasteiger partial charge on any atom is 0.0776 e. The molecule has 0 heterocycles. The highest BCUT2D eigenvalue weighted by Crippen LogP contribution is 2.28. The first-order valence-electron chi connectivity index (χ1n) is 5.57. The van der Waals surface area contributed by atoms with Gasteiger partial charge in [0.15, 0.2) is 0 Å². The van der Waals surface area contributed by atoms with Gasteiger partial charge in [-0.2, -0.15) is 0 Å². The van der Waals surface area contributed by atoms with Crippen LogP contribution in [0.1, 0.15) is 32.1 Å². The van der Waals surface area contributed by atoms with Gasteiger partial charge in [0.05, 0.1) is 25.9 Å². The Hall–Kier alpha value is -0.120. The summed E-state index contributed by atoms with van der Waals surface area (Å²) in [5, 5.41) is 9.64. The molecule has 0 amide bonds. The molecule has 84 valence electrons. The zero-order valence-electron chi connectivity index (χ0n) is 9.08. The van der Waals surface area contributed by atoms with Crippen LogP contribution in [0.2, 0.25) is 0 Å². The monoisotopic (exact) mass is 202 g/mol. The summed E-state index contributed by atoms with van der Waals surface area (Å²) in [4.78, 5) is 0. The molecule has 0 saturated heterocycles. The molecule has 0 aromatic heterocycles. The van der Waals surface area contributed by atoms with Crippen molar-refractivity contribution in [2.75, 3.05) is 26.9 Å². The Morgan fingerprint density at radius 1 is 1.29 bits per heavy atom. The second kappa shape index (κ2) is 7.21. The highest BCUT2D eigenvalue weighted by Gasteiger charge is 2.18. The van der Waals surface area contributed by atoms with Crippen LogP contribution in [-0.2, 0) is 9.47 Å². The van der Waals surface area contributed by atoms with E-state index in [2.05, 4.69) is 0 Å². The second-order valence-corrected chi connectivity index (χ2v) is 4.11. The summed E-state index contributed by atoms with van der Waals surface area (Å²) in [6.07, 6.45) is 5.87. The molecule has 0 aromatic rings. The van der Waals surface area contributed by atoms with Gasteiger partial charge < -0.3 is 14.6 Å². The smallest absolute Gasteiger partial charge is 0.0776 e. The van der Waals surface area contributed by atoms with Crippen molar-refractivity contribution in [3.05, 3.63) is 0 Å². The highest BCUT2D eigenvalue weighted by atomic mass is 16.5. The van der Waals surface area contributed by atoms with Crippen LogP contribution in [-0.4, -0.2) is 38.1 Å². The zero-order chi connectivity index (χ0) is 10.2. The van der Waals surface area contributed by atoms with Crippen LogP contribution >= 0.6 is 0 Å². The molecule has 1 aliphatic rings. The Kier molecular flexibility index (Phi) is 6.15. The van der Waals surface area contributed by atoms with Crippen molar-refractivity contribution in [3.63, 3.8) is 0 Å². The predicted molar refractivity (Wildman–Crippen MR) is 55.3 cm³/mol. The van der Waals surface area contributed by atoms with Gasteiger partial charge in [-0.15, -0.1) is 0 Å². The topological polar surface area (TPSA) is 38.7 Å². The number of rotatable bonds is 7. The lowest BCUT2D eigenvalue weighted by Crippen LogP contribution is -2.19. The fourth-order valence-electron chi connectivity index (χ4n) is 2.06. The van der Waals surface area contributed by atoms with Crippen LogP contribution in [0.4, 0.5) is 0 Å². The van der Waals surface area contributed by atoms with Crippen LogP contribution < -0.4 is 0 Å². The van der Waals surface area contributed by atoms with Gasteiger partial charge in [-0.05, 0) is 12.3 Å². The molecule has 1 atom stereocenters. The first-order chi connectivity index (χ1) is 6.83. The molecular formula is C11H22O3. The van der Waals surface area contributed by atoms with E-state index in [1.807, 2.05) is 0 Å². The third-order valence-electron chi connectivity index (χ3n) is 2.82. The van der Waals surface area contributed by atoms with E-state index in [9.17, 15) is 5.11 Å². The molecule has 1 rings (SSSR count). The normalized spacial score (nSPS) is 20.1. The Morgan fingerprint density at radius 2 is 2.00 bits per heavy atom. The number of aliphatic hydroxyl groups excluding tert-OH is 1. The summed E-state index contributed by atoms with van der Waals surface area (Å²) in [6, 6.07) is 0. The molecule has 3 heteroatoms. The van der Waals surface area contributed by atoms with E-state index in [-0.39, 0.29) is 6.10 Å². The van der Waals surface area contributed by atoms with Crippen molar-refractivity contribution in [1.82, 2.24) is 0 Å². The lowest BCUT2D eigenvalue weighted by Gasteiger charge is -2.15. The van der Waals surface area contributed by atoms with Crippen molar-refractivity contribution in [3.8, 4) is 0 Å². The van der Waals surface area contributed by atoms with E-state index in [0.717, 1.165) is 12.3 Å². The summed E-state index contributed by atoms with van der Waals surface area (Å²) in [5.74, 6) is 0.732. The average Bonchev–Trinajstić information content (AvgIpc) is 2.65. The SMILES string of the molecule is COCCOCC(O)CC1CCCC1. The van der Waals surface area contributed by atoms with Gasteiger partial charge in [0.2, 0.25) is 0 Å². The molecule has 0 spiro atoms. The molecule has 0 radical (unpaired) electrons. The van der Waals surface area contributed by atoms with Crippen molar-refractivity contribution in [1.29, 1.82) is 0 Å². The van der Waals surface area contributed by atoms with Gasteiger partial charge in [-0.3, -0.25) is 0 Å². The summed E-state index contributed by atoms with van der Waals surface area (Å²) in [7, 11) is 1.65. The van der Waals surface area contributed by atoms with E-state index in [4.69, 9.17) is 9.47 Å². The minimum atomic E-state index is -0.282. The first-order valence-corrected chi connectivity index (χ1v) is 5.57. The zero-order valence-corrected chi connectivity index (χ0v) is 9.08. The van der Waals surface area contributed by atoms with Gasteiger partial charge in [-0.1, -0.05) is 25.7 Å². The van der Waals surface area contributed by atoms with Crippen molar-refractivity contribution in [2.24, 2.45) is 5.92 Å². The van der Waals surface area contributed by atoms with Crippen LogP contribution in [0.25, 0.3) is 0 Å². The summed E-state index contributed by atoms with van der Waals surface area (Å²) < 4.78 is 10.1. The minimum absolute atomic E-state index is 0.282. The first kappa shape index (κ1) is 12.0. The van der Waals surface area contributed by atoms with E-state index in [1.54, 1.807) is 7.11 Å². The van der Waals surface area contributed by atoms with Crippen molar-refractivity contribution < 1.29 is 14.6 Å². The molecule has 0 bridgehead atoms. The summed E-state index contributed by atoms with van der Waals surface area (Å²) >= 11 is 0. The predicted octanol–water partition coefficient (Wildman–Crippen LogP) is 1.59. The van der Waals surface area contributed by atoms with E-state index < -0.39 is 0 Å². The Labute approximate surface area is 86.4 Å². The van der Waals surface area contributed by atoms with E-state index >= 15 is 0 Å². The lowest BCUT2D eigenvalue weighted by molar-refractivity contribution is 0.00469. The largest absolute Gasteiger partial charge is 0.391 e. The third-order valence-corrected chi connectivity index (χ3v) is 2.82. The molecular weight excluding hydrogens is 180 g/mol. The average molecular weight is 202 g/mol. The molecule has 1 fully saturated rings. The van der Waals surface area contributed by atoms with Gasteiger partial charge in [-0.25, -0.2) is 0 Å². The summed E-state index contributed by atoms with van der Waals surface area (Å²) in [6.45, 7) is 1.65. The standard InChI is InChI=1S/C11H22O3/c1-13-6-7-14-9-11(12)8-10-4-2-3-5-10/h10-12H,2-9H2,1H3. The number of ether oxygens (including phenoxy) is 2.